The third-order valence-corrected chi connectivity index (χ3v) is 11.8. The Balaban J connectivity index is 4.42. The van der Waals surface area contributed by atoms with E-state index in [-0.39, 0.29) is 37.5 Å². The molecule has 0 spiro atoms. The molecular weight excluding hydrogens is 793 g/mol. The molecule has 0 aliphatic heterocycles. The van der Waals surface area contributed by atoms with Crippen LogP contribution in [-0.4, -0.2) is 37.2 Å². The van der Waals surface area contributed by atoms with Crippen molar-refractivity contribution in [2.24, 2.45) is 0 Å². The van der Waals surface area contributed by atoms with Gasteiger partial charge in [0.2, 0.25) is 0 Å². The highest BCUT2D eigenvalue weighted by molar-refractivity contribution is 5.71. The summed E-state index contributed by atoms with van der Waals surface area (Å²) in [6, 6.07) is 0. The van der Waals surface area contributed by atoms with E-state index in [0.717, 1.165) is 77.0 Å². The molecular formula is C58H102O6. The number of ether oxygens (including phenoxy) is 3. The molecule has 1 atom stereocenters. The first-order valence-electron chi connectivity index (χ1n) is 27.3. The second-order valence-electron chi connectivity index (χ2n) is 18.1. The quantitative estimate of drug-likeness (QED) is 0.0262. The molecule has 0 aromatic carbocycles. The second-order valence-corrected chi connectivity index (χ2v) is 18.1. The lowest BCUT2D eigenvalue weighted by atomic mass is 10.0. The summed E-state index contributed by atoms with van der Waals surface area (Å²) >= 11 is 0. The molecule has 0 saturated heterocycles. The largest absolute Gasteiger partial charge is 0.462 e. The van der Waals surface area contributed by atoms with Gasteiger partial charge in [-0.3, -0.25) is 14.4 Å². The predicted molar refractivity (Wildman–Crippen MR) is 275 cm³/mol. The molecule has 0 rings (SSSR count). The Hall–Kier alpha value is -2.89. The maximum absolute atomic E-state index is 12.8. The van der Waals surface area contributed by atoms with Crippen LogP contribution in [-0.2, 0) is 28.6 Å². The number of carbonyl (C=O) groups is 3. The van der Waals surface area contributed by atoms with Gasteiger partial charge in [-0.1, -0.05) is 229 Å². The molecule has 6 nitrogen and oxygen atoms in total. The van der Waals surface area contributed by atoms with Crippen molar-refractivity contribution < 1.29 is 28.6 Å². The molecule has 0 saturated carbocycles. The van der Waals surface area contributed by atoms with Crippen molar-refractivity contribution in [3.05, 3.63) is 60.8 Å². The summed E-state index contributed by atoms with van der Waals surface area (Å²) in [5, 5.41) is 0. The molecule has 0 heterocycles. The molecule has 6 heteroatoms. The zero-order valence-corrected chi connectivity index (χ0v) is 42.3. The van der Waals surface area contributed by atoms with Crippen LogP contribution in [0.5, 0.6) is 0 Å². The van der Waals surface area contributed by atoms with Crippen LogP contribution < -0.4 is 0 Å². The smallest absolute Gasteiger partial charge is 0.306 e. The maximum atomic E-state index is 12.8. The molecule has 0 radical (unpaired) electrons. The molecule has 0 aliphatic carbocycles. The molecule has 0 aromatic heterocycles. The Morgan fingerprint density at radius 2 is 0.609 bits per heavy atom. The summed E-state index contributed by atoms with van der Waals surface area (Å²) in [6.45, 7) is 6.50. The summed E-state index contributed by atoms with van der Waals surface area (Å²) in [5.74, 6) is -0.928. The van der Waals surface area contributed by atoms with Crippen molar-refractivity contribution in [1.82, 2.24) is 0 Å². The van der Waals surface area contributed by atoms with E-state index in [1.165, 1.54) is 148 Å². The standard InChI is InChI=1S/C58H102O6/c1-4-7-10-13-16-19-22-25-28-29-31-33-36-39-42-45-48-51-57(60)63-54-55(53-62-56(59)50-47-44-41-38-35-32-27-24-21-18-15-12-9-6-3)64-58(61)52-49-46-43-40-37-34-30-26-23-20-17-14-11-8-5-2/h8,11,17,20,25-26,28,30,37,40,55H,4-7,9-10,12-16,18-19,21-24,27,29,31-36,38-39,41-54H2,1-3H3/b11-8-,20-17-,28-25-,30-26-,40-37-/t55-/m1/s1. The number of allylic oxidation sites excluding steroid dienone is 10. The number of unbranched alkanes of at least 4 members (excludes halogenated alkanes) is 28. The van der Waals surface area contributed by atoms with E-state index < -0.39 is 6.10 Å². The van der Waals surface area contributed by atoms with E-state index in [1.54, 1.807) is 0 Å². The average Bonchev–Trinajstić information content (AvgIpc) is 3.29. The van der Waals surface area contributed by atoms with Crippen molar-refractivity contribution in [1.29, 1.82) is 0 Å². The van der Waals surface area contributed by atoms with Gasteiger partial charge in [0.1, 0.15) is 13.2 Å². The van der Waals surface area contributed by atoms with Gasteiger partial charge in [-0.05, 0) is 83.5 Å². The van der Waals surface area contributed by atoms with Crippen LogP contribution in [0.1, 0.15) is 271 Å². The van der Waals surface area contributed by atoms with Crippen LogP contribution >= 0.6 is 0 Å². The highest BCUT2D eigenvalue weighted by Gasteiger charge is 2.19. The number of carbonyl (C=O) groups excluding carboxylic acids is 3. The molecule has 0 unspecified atom stereocenters. The molecule has 0 aromatic rings. The lowest BCUT2D eigenvalue weighted by Gasteiger charge is -2.18. The number of rotatable bonds is 49. The lowest BCUT2D eigenvalue weighted by Crippen LogP contribution is -2.30. The Kier molecular flexibility index (Phi) is 50.4. The monoisotopic (exact) mass is 895 g/mol. The van der Waals surface area contributed by atoms with E-state index in [1.807, 2.05) is 0 Å². The minimum absolute atomic E-state index is 0.0900. The van der Waals surface area contributed by atoms with Crippen LogP contribution in [0.2, 0.25) is 0 Å². The highest BCUT2D eigenvalue weighted by Crippen LogP contribution is 2.15. The fraction of sp³-hybridized carbons (Fsp3) is 0.776. The Bertz CT molecular complexity index is 1170. The van der Waals surface area contributed by atoms with Crippen molar-refractivity contribution in [2.75, 3.05) is 13.2 Å². The van der Waals surface area contributed by atoms with E-state index in [0.29, 0.717) is 19.3 Å². The van der Waals surface area contributed by atoms with E-state index in [2.05, 4.69) is 81.5 Å². The molecule has 0 N–H and O–H groups in total. The van der Waals surface area contributed by atoms with Crippen molar-refractivity contribution >= 4 is 17.9 Å². The Labute approximate surface area is 396 Å². The average molecular weight is 895 g/mol. The summed E-state index contributed by atoms with van der Waals surface area (Å²) in [4.78, 5) is 38.0. The molecule has 0 fully saturated rings. The molecule has 64 heavy (non-hydrogen) atoms. The summed E-state index contributed by atoms with van der Waals surface area (Å²) in [7, 11) is 0. The zero-order chi connectivity index (χ0) is 46.5. The predicted octanol–water partition coefficient (Wildman–Crippen LogP) is 18.0. The summed E-state index contributed by atoms with van der Waals surface area (Å²) in [5.41, 5.74) is 0. The van der Waals surface area contributed by atoms with Gasteiger partial charge in [0.25, 0.3) is 0 Å². The molecule has 0 aliphatic rings. The van der Waals surface area contributed by atoms with Crippen LogP contribution in [0, 0.1) is 0 Å². The second kappa shape index (κ2) is 52.7. The zero-order valence-electron chi connectivity index (χ0n) is 42.3. The van der Waals surface area contributed by atoms with Gasteiger partial charge in [-0.15, -0.1) is 0 Å². The topological polar surface area (TPSA) is 78.9 Å². The van der Waals surface area contributed by atoms with E-state index in [4.69, 9.17) is 14.2 Å². The first kappa shape index (κ1) is 61.1. The number of hydrogen-bond donors (Lipinski definition) is 0. The van der Waals surface area contributed by atoms with Crippen LogP contribution in [0.25, 0.3) is 0 Å². The van der Waals surface area contributed by atoms with Gasteiger partial charge in [0.05, 0.1) is 0 Å². The summed E-state index contributed by atoms with van der Waals surface area (Å²) < 4.78 is 16.8. The van der Waals surface area contributed by atoms with Crippen molar-refractivity contribution in [3.63, 3.8) is 0 Å². The van der Waals surface area contributed by atoms with Gasteiger partial charge in [0.15, 0.2) is 6.10 Å². The van der Waals surface area contributed by atoms with Crippen LogP contribution in [0.4, 0.5) is 0 Å². The van der Waals surface area contributed by atoms with Gasteiger partial charge in [-0.2, -0.15) is 0 Å². The highest BCUT2D eigenvalue weighted by atomic mass is 16.6. The van der Waals surface area contributed by atoms with Crippen molar-refractivity contribution in [2.45, 2.75) is 277 Å². The van der Waals surface area contributed by atoms with Crippen LogP contribution in [0.15, 0.2) is 60.8 Å². The summed E-state index contributed by atoms with van der Waals surface area (Å²) in [6.07, 6.45) is 64.9. The third kappa shape index (κ3) is 50.1. The van der Waals surface area contributed by atoms with Gasteiger partial charge in [0, 0.05) is 19.3 Å². The van der Waals surface area contributed by atoms with Crippen LogP contribution in [0.3, 0.4) is 0 Å². The first-order valence-corrected chi connectivity index (χ1v) is 27.3. The van der Waals surface area contributed by atoms with Crippen molar-refractivity contribution in [3.8, 4) is 0 Å². The SMILES string of the molecule is CC/C=C\C/C=C\C/C=C\C/C=C\CCCCC(=O)O[C@@H](COC(=O)CCCCCCCCC/C=C\CCCCCCCC)COC(=O)CCCCCCCCCCCCCCCC. The maximum Gasteiger partial charge on any atom is 0.306 e. The number of esters is 3. The third-order valence-electron chi connectivity index (χ3n) is 11.8. The van der Waals surface area contributed by atoms with E-state index in [9.17, 15) is 14.4 Å². The number of hydrogen-bond acceptors (Lipinski definition) is 6. The van der Waals surface area contributed by atoms with Gasteiger partial charge in [-0.25, -0.2) is 0 Å². The Morgan fingerprint density at radius 3 is 1.00 bits per heavy atom. The lowest BCUT2D eigenvalue weighted by molar-refractivity contribution is -0.167. The first-order chi connectivity index (χ1) is 31.5. The normalized spacial score (nSPS) is 12.5. The fourth-order valence-electron chi connectivity index (χ4n) is 7.66. The fourth-order valence-corrected chi connectivity index (χ4v) is 7.66. The minimum Gasteiger partial charge on any atom is -0.462 e. The molecule has 370 valence electrons. The minimum atomic E-state index is -0.795. The van der Waals surface area contributed by atoms with E-state index >= 15 is 0 Å². The van der Waals surface area contributed by atoms with Gasteiger partial charge >= 0.3 is 17.9 Å². The van der Waals surface area contributed by atoms with Gasteiger partial charge < -0.3 is 14.2 Å². The molecule has 0 amide bonds. The Morgan fingerprint density at radius 1 is 0.328 bits per heavy atom. The molecule has 0 bridgehead atoms.